The molecule has 1 aliphatic heterocycles. The van der Waals surface area contributed by atoms with Gasteiger partial charge < -0.3 is 16.4 Å². The number of likely N-dealkylation sites (tertiary alicyclic amines) is 1. The second-order valence-electron chi connectivity index (χ2n) is 5.49. The van der Waals surface area contributed by atoms with Gasteiger partial charge in [0.15, 0.2) is 0 Å². The zero-order valence-electron chi connectivity index (χ0n) is 11.5. The molecule has 1 aromatic carbocycles. The monoisotopic (exact) mass is 261 g/mol. The predicted molar refractivity (Wildman–Crippen MR) is 76.6 cm³/mol. The van der Waals surface area contributed by atoms with E-state index in [2.05, 4.69) is 12.1 Å². The van der Waals surface area contributed by atoms with Gasteiger partial charge in [-0.05, 0) is 24.9 Å². The molecule has 1 amide bonds. The molecule has 1 unspecified atom stereocenters. The van der Waals surface area contributed by atoms with Crippen molar-refractivity contribution in [3.63, 3.8) is 0 Å². The average molecular weight is 261 g/mol. The highest BCUT2D eigenvalue weighted by molar-refractivity contribution is 5.77. The summed E-state index contributed by atoms with van der Waals surface area (Å²) in [6, 6.07) is 10.2. The summed E-state index contributed by atoms with van der Waals surface area (Å²) in [5.41, 5.74) is 12.8. The highest BCUT2D eigenvalue weighted by atomic mass is 16.2. The van der Waals surface area contributed by atoms with Crippen molar-refractivity contribution in [2.24, 2.45) is 17.4 Å². The molecule has 4 heteroatoms. The van der Waals surface area contributed by atoms with E-state index >= 15 is 0 Å². The van der Waals surface area contributed by atoms with Gasteiger partial charge in [0.05, 0.1) is 0 Å². The zero-order chi connectivity index (χ0) is 13.8. The molecule has 0 aromatic heterocycles. The molecule has 2 rings (SSSR count). The Morgan fingerprint density at radius 1 is 1.37 bits per heavy atom. The fraction of sp³-hybridized carbons (Fsp3) is 0.533. The van der Waals surface area contributed by atoms with Gasteiger partial charge in [0.25, 0.3) is 0 Å². The molecule has 3 atom stereocenters. The number of carbonyl (C=O) groups excluding carboxylic acids is 1. The Labute approximate surface area is 114 Å². The summed E-state index contributed by atoms with van der Waals surface area (Å²) in [4.78, 5) is 14.0. The molecule has 0 radical (unpaired) electrons. The maximum absolute atomic E-state index is 12.1. The second-order valence-corrected chi connectivity index (χ2v) is 5.49. The van der Waals surface area contributed by atoms with E-state index in [-0.39, 0.29) is 11.9 Å². The highest BCUT2D eigenvalue weighted by Crippen LogP contribution is 2.32. The second kappa shape index (κ2) is 6.17. The number of nitrogens with two attached hydrogens (primary N) is 2. The van der Waals surface area contributed by atoms with Crippen molar-refractivity contribution in [3.8, 4) is 0 Å². The van der Waals surface area contributed by atoms with Crippen LogP contribution in [0.1, 0.15) is 24.8 Å². The van der Waals surface area contributed by atoms with Crippen molar-refractivity contribution < 1.29 is 4.79 Å². The molecule has 19 heavy (non-hydrogen) atoms. The number of rotatable bonds is 4. The fourth-order valence-electron chi connectivity index (χ4n) is 2.80. The van der Waals surface area contributed by atoms with Crippen molar-refractivity contribution in [1.29, 1.82) is 0 Å². The lowest BCUT2D eigenvalue weighted by Gasteiger charge is -2.17. The maximum Gasteiger partial charge on any atom is 0.224 e. The van der Waals surface area contributed by atoms with Crippen LogP contribution in [0.5, 0.6) is 0 Å². The van der Waals surface area contributed by atoms with Crippen LogP contribution >= 0.6 is 0 Å². The maximum atomic E-state index is 12.1. The lowest BCUT2D eigenvalue weighted by molar-refractivity contribution is -0.130. The topological polar surface area (TPSA) is 72.4 Å². The van der Waals surface area contributed by atoms with Gasteiger partial charge in [-0.3, -0.25) is 4.79 Å². The zero-order valence-corrected chi connectivity index (χ0v) is 11.5. The molecule has 0 spiro atoms. The first-order valence-electron chi connectivity index (χ1n) is 6.90. The van der Waals surface area contributed by atoms with E-state index in [0.29, 0.717) is 24.8 Å². The van der Waals surface area contributed by atoms with Gasteiger partial charge in [-0.25, -0.2) is 0 Å². The fourth-order valence-corrected chi connectivity index (χ4v) is 2.80. The van der Waals surface area contributed by atoms with E-state index in [1.165, 1.54) is 5.56 Å². The van der Waals surface area contributed by atoms with Crippen LogP contribution in [0.2, 0.25) is 0 Å². The summed E-state index contributed by atoms with van der Waals surface area (Å²) >= 11 is 0. The van der Waals surface area contributed by atoms with Crippen LogP contribution < -0.4 is 11.5 Å². The third kappa shape index (κ3) is 3.33. The van der Waals surface area contributed by atoms with Gasteiger partial charge in [0.1, 0.15) is 0 Å². The summed E-state index contributed by atoms with van der Waals surface area (Å²) in [5, 5.41) is 0. The molecular weight excluding hydrogens is 238 g/mol. The smallest absolute Gasteiger partial charge is 0.224 e. The quantitative estimate of drug-likeness (QED) is 0.846. The van der Waals surface area contributed by atoms with Crippen LogP contribution in [0.25, 0.3) is 0 Å². The van der Waals surface area contributed by atoms with Gasteiger partial charge in [-0.2, -0.15) is 0 Å². The molecule has 0 bridgehead atoms. The summed E-state index contributed by atoms with van der Waals surface area (Å²) < 4.78 is 0. The minimum atomic E-state index is -0.0837. The van der Waals surface area contributed by atoms with E-state index in [4.69, 9.17) is 11.5 Å². The number of carbonyl (C=O) groups is 1. The summed E-state index contributed by atoms with van der Waals surface area (Å²) in [7, 11) is 0. The molecule has 1 aromatic rings. The molecule has 0 aliphatic carbocycles. The molecule has 4 nitrogen and oxygen atoms in total. The minimum Gasteiger partial charge on any atom is -0.342 e. The van der Waals surface area contributed by atoms with Crippen LogP contribution in [0.3, 0.4) is 0 Å². The van der Waals surface area contributed by atoms with Crippen molar-refractivity contribution in [2.45, 2.75) is 25.3 Å². The third-order valence-electron chi connectivity index (χ3n) is 3.82. The summed E-state index contributed by atoms with van der Waals surface area (Å²) in [6.45, 7) is 3.99. The highest BCUT2D eigenvalue weighted by Gasteiger charge is 2.35. The van der Waals surface area contributed by atoms with Crippen LogP contribution in [-0.2, 0) is 4.79 Å². The van der Waals surface area contributed by atoms with Crippen molar-refractivity contribution >= 4 is 5.91 Å². The first-order valence-corrected chi connectivity index (χ1v) is 6.90. The van der Waals surface area contributed by atoms with E-state index in [9.17, 15) is 4.79 Å². The Morgan fingerprint density at radius 3 is 2.63 bits per heavy atom. The van der Waals surface area contributed by atoms with Crippen molar-refractivity contribution in [2.75, 3.05) is 19.6 Å². The van der Waals surface area contributed by atoms with Gasteiger partial charge in [0.2, 0.25) is 5.91 Å². The molecule has 1 heterocycles. The Balaban J connectivity index is 2.08. The molecule has 4 N–H and O–H groups in total. The average Bonchev–Trinajstić information content (AvgIpc) is 2.83. The first-order chi connectivity index (χ1) is 9.11. The lowest BCUT2D eigenvalue weighted by Crippen LogP contribution is -2.33. The number of nitrogens with zero attached hydrogens (tertiary/aromatic N) is 1. The van der Waals surface area contributed by atoms with Gasteiger partial charge in [-0.15, -0.1) is 0 Å². The molecule has 0 saturated carbocycles. The van der Waals surface area contributed by atoms with Crippen LogP contribution in [-0.4, -0.2) is 36.5 Å². The molecule has 1 fully saturated rings. The summed E-state index contributed by atoms with van der Waals surface area (Å²) in [5.74, 6) is 0.842. The first kappa shape index (κ1) is 14.0. The number of hydrogen-bond acceptors (Lipinski definition) is 3. The molecule has 104 valence electrons. The van der Waals surface area contributed by atoms with E-state index in [0.717, 1.165) is 13.1 Å². The van der Waals surface area contributed by atoms with Gasteiger partial charge >= 0.3 is 0 Å². The Morgan fingerprint density at radius 2 is 2.05 bits per heavy atom. The lowest BCUT2D eigenvalue weighted by atomic mass is 9.89. The Kier molecular flexibility index (Phi) is 4.56. The van der Waals surface area contributed by atoms with E-state index in [1.54, 1.807) is 0 Å². The number of benzene rings is 1. The van der Waals surface area contributed by atoms with Gasteiger partial charge in [-0.1, -0.05) is 30.3 Å². The molecule has 1 aliphatic rings. The Hall–Kier alpha value is -1.39. The third-order valence-corrected chi connectivity index (χ3v) is 3.82. The molecular formula is C15H23N3O. The van der Waals surface area contributed by atoms with E-state index in [1.807, 2.05) is 30.0 Å². The number of amides is 1. The SMILES string of the molecule is CC(N)CC(=O)N1C[C@@H](CN)[C@H](c2ccccc2)C1. The van der Waals surface area contributed by atoms with Crippen molar-refractivity contribution in [1.82, 2.24) is 4.90 Å². The van der Waals surface area contributed by atoms with Crippen LogP contribution in [0, 0.1) is 5.92 Å². The largest absolute Gasteiger partial charge is 0.342 e. The van der Waals surface area contributed by atoms with Crippen molar-refractivity contribution in [3.05, 3.63) is 35.9 Å². The summed E-state index contributed by atoms with van der Waals surface area (Å²) in [6.07, 6.45) is 0.415. The van der Waals surface area contributed by atoms with Crippen LogP contribution in [0.15, 0.2) is 30.3 Å². The van der Waals surface area contributed by atoms with Gasteiger partial charge in [0, 0.05) is 31.5 Å². The minimum absolute atomic E-state index is 0.0837. The van der Waals surface area contributed by atoms with Crippen LogP contribution in [0.4, 0.5) is 0 Å². The standard InChI is InChI=1S/C15H23N3O/c1-11(17)7-15(19)18-9-13(8-16)14(10-18)12-5-3-2-4-6-12/h2-6,11,13-14H,7-10,16-17H2,1H3/t11?,13-,14+/m1/s1. The Bertz CT molecular complexity index is 419. The molecule has 1 saturated heterocycles. The van der Waals surface area contributed by atoms with E-state index < -0.39 is 0 Å². The predicted octanol–water partition coefficient (Wildman–Crippen LogP) is 0.925. The number of hydrogen-bond donors (Lipinski definition) is 2. The normalized spacial score (nSPS) is 24.5.